The molecule has 1 atom stereocenters. The van der Waals surface area contributed by atoms with E-state index in [0.717, 1.165) is 38.8 Å². The van der Waals surface area contributed by atoms with Gasteiger partial charge in [0, 0.05) is 25.9 Å². The van der Waals surface area contributed by atoms with Gasteiger partial charge in [-0.2, -0.15) is 0 Å². The van der Waals surface area contributed by atoms with Crippen LogP contribution >= 0.6 is 0 Å². The molecule has 1 fully saturated rings. The van der Waals surface area contributed by atoms with Crippen LogP contribution < -0.4 is 0 Å². The highest BCUT2D eigenvalue weighted by atomic mass is 32.2. The van der Waals surface area contributed by atoms with Crippen molar-refractivity contribution in [1.82, 2.24) is 4.90 Å². The Morgan fingerprint density at radius 3 is 2.40 bits per heavy atom. The first kappa shape index (κ1) is 14.0. The van der Waals surface area contributed by atoms with Crippen LogP contribution in [0.4, 0.5) is 0 Å². The minimum absolute atomic E-state index is 0.186. The number of hydrogen-bond acceptors (Lipinski definition) is 2. The predicted molar refractivity (Wildman–Crippen MR) is 81.1 cm³/mol. The number of amides is 1. The lowest BCUT2D eigenvalue weighted by Gasteiger charge is -2.19. The SMILES string of the molecule is O=C(CC[S+]([O-])C1Cc2ccccc2C1)N1CCCC1. The first-order valence-corrected chi connectivity index (χ1v) is 8.84. The third kappa shape index (κ3) is 3.01. The summed E-state index contributed by atoms with van der Waals surface area (Å²) >= 11 is -0.890. The van der Waals surface area contributed by atoms with E-state index in [1.165, 1.54) is 11.1 Å². The van der Waals surface area contributed by atoms with E-state index in [0.29, 0.717) is 12.2 Å². The normalized spacial score (nSPS) is 20.1. The Bertz CT molecular complexity index is 460. The van der Waals surface area contributed by atoms with E-state index in [9.17, 15) is 9.35 Å². The summed E-state index contributed by atoms with van der Waals surface area (Å²) < 4.78 is 12.4. The van der Waals surface area contributed by atoms with E-state index in [1.807, 2.05) is 17.0 Å². The number of likely N-dealkylation sites (tertiary alicyclic amines) is 1. The topological polar surface area (TPSA) is 43.4 Å². The van der Waals surface area contributed by atoms with Crippen molar-refractivity contribution in [2.75, 3.05) is 18.8 Å². The van der Waals surface area contributed by atoms with Gasteiger partial charge in [0.05, 0.1) is 6.42 Å². The van der Waals surface area contributed by atoms with Crippen molar-refractivity contribution < 1.29 is 9.35 Å². The number of benzene rings is 1. The number of rotatable bonds is 4. The Morgan fingerprint density at radius 1 is 1.20 bits per heavy atom. The van der Waals surface area contributed by atoms with Gasteiger partial charge in [-0.25, -0.2) is 0 Å². The molecular formula is C16H21NO2S. The van der Waals surface area contributed by atoms with Gasteiger partial charge in [-0.3, -0.25) is 4.79 Å². The van der Waals surface area contributed by atoms with Crippen LogP contribution in [0.15, 0.2) is 24.3 Å². The summed E-state index contributed by atoms with van der Waals surface area (Å²) in [6.07, 6.45) is 4.49. The maximum Gasteiger partial charge on any atom is 0.227 e. The van der Waals surface area contributed by atoms with E-state index in [2.05, 4.69) is 12.1 Å². The molecule has 1 unspecified atom stereocenters. The van der Waals surface area contributed by atoms with Gasteiger partial charge in [0.2, 0.25) is 5.91 Å². The minimum Gasteiger partial charge on any atom is -0.616 e. The van der Waals surface area contributed by atoms with Gasteiger partial charge < -0.3 is 9.45 Å². The van der Waals surface area contributed by atoms with Gasteiger partial charge in [0.25, 0.3) is 0 Å². The molecule has 20 heavy (non-hydrogen) atoms. The molecule has 1 aromatic rings. The summed E-state index contributed by atoms with van der Waals surface area (Å²) in [7, 11) is 0. The molecule has 1 aliphatic carbocycles. The zero-order chi connectivity index (χ0) is 13.9. The van der Waals surface area contributed by atoms with Gasteiger partial charge in [-0.05, 0) is 35.1 Å². The Hall–Kier alpha value is -1.00. The van der Waals surface area contributed by atoms with Crippen molar-refractivity contribution in [3.63, 3.8) is 0 Å². The summed E-state index contributed by atoms with van der Waals surface area (Å²) in [6.45, 7) is 1.78. The van der Waals surface area contributed by atoms with E-state index < -0.39 is 11.2 Å². The fraction of sp³-hybridized carbons (Fsp3) is 0.562. The van der Waals surface area contributed by atoms with Gasteiger partial charge in [0.1, 0.15) is 11.0 Å². The fourth-order valence-electron chi connectivity index (χ4n) is 3.18. The monoisotopic (exact) mass is 291 g/mol. The van der Waals surface area contributed by atoms with Gasteiger partial charge in [-0.15, -0.1) is 0 Å². The third-order valence-electron chi connectivity index (χ3n) is 4.36. The molecule has 1 aliphatic heterocycles. The van der Waals surface area contributed by atoms with Gasteiger partial charge in [-0.1, -0.05) is 24.3 Å². The number of hydrogen-bond donors (Lipinski definition) is 0. The highest BCUT2D eigenvalue weighted by molar-refractivity contribution is 7.92. The predicted octanol–water partition coefficient (Wildman–Crippen LogP) is 1.91. The van der Waals surface area contributed by atoms with E-state index >= 15 is 0 Å². The van der Waals surface area contributed by atoms with Crippen LogP contribution in [-0.4, -0.2) is 39.5 Å². The molecule has 1 saturated heterocycles. The highest BCUT2D eigenvalue weighted by Gasteiger charge is 2.31. The molecule has 0 spiro atoms. The zero-order valence-electron chi connectivity index (χ0n) is 11.7. The van der Waals surface area contributed by atoms with Crippen LogP contribution in [-0.2, 0) is 28.8 Å². The van der Waals surface area contributed by atoms with Crippen LogP contribution in [0.1, 0.15) is 30.4 Å². The summed E-state index contributed by atoms with van der Waals surface area (Å²) in [5, 5.41) is 0.207. The smallest absolute Gasteiger partial charge is 0.227 e. The highest BCUT2D eigenvalue weighted by Crippen LogP contribution is 2.27. The molecule has 0 N–H and O–H groups in total. The lowest BCUT2D eigenvalue weighted by molar-refractivity contribution is -0.129. The number of carbonyl (C=O) groups is 1. The first-order chi connectivity index (χ1) is 9.74. The van der Waals surface area contributed by atoms with E-state index in [-0.39, 0.29) is 11.2 Å². The van der Waals surface area contributed by atoms with Crippen molar-refractivity contribution in [2.24, 2.45) is 0 Å². The summed E-state index contributed by atoms with van der Waals surface area (Å²) in [4.78, 5) is 13.9. The van der Waals surface area contributed by atoms with E-state index in [1.54, 1.807) is 0 Å². The van der Waals surface area contributed by atoms with Crippen molar-refractivity contribution in [1.29, 1.82) is 0 Å². The van der Waals surface area contributed by atoms with Crippen LogP contribution in [0.2, 0.25) is 0 Å². The molecule has 4 heteroatoms. The first-order valence-electron chi connectivity index (χ1n) is 7.46. The Balaban J connectivity index is 1.48. The summed E-state index contributed by atoms with van der Waals surface area (Å²) in [6, 6.07) is 8.34. The molecule has 1 amide bonds. The lowest BCUT2D eigenvalue weighted by Crippen LogP contribution is -2.32. The fourth-order valence-corrected chi connectivity index (χ4v) is 4.62. The summed E-state index contributed by atoms with van der Waals surface area (Å²) in [5.41, 5.74) is 2.66. The van der Waals surface area contributed by atoms with Gasteiger partial charge >= 0.3 is 0 Å². The lowest BCUT2D eigenvalue weighted by atomic mass is 10.1. The summed E-state index contributed by atoms with van der Waals surface area (Å²) in [5.74, 6) is 0.708. The molecule has 108 valence electrons. The second-order valence-corrected chi connectivity index (χ2v) is 7.56. The zero-order valence-corrected chi connectivity index (χ0v) is 12.5. The number of carbonyl (C=O) groups excluding carboxylic acids is 1. The molecule has 0 aromatic heterocycles. The van der Waals surface area contributed by atoms with Crippen LogP contribution in [0.25, 0.3) is 0 Å². The largest absolute Gasteiger partial charge is 0.616 e. The molecular weight excluding hydrogens is 270 g/mol. The Labute approximate surface area is 123 Å². The molecule has 0 bridgehead atoms. The van der Waals surface area contributed by atoms with Crippen molar-refractivity contribution in [2.45, 2.75) is 37.4 Å². The number of fused-ring (bicyclic) bond motifs is 1. The molecule has 1 aromatic carbocycles. The average Bonchev–Trinajstić information content (AvgIpc) is 3.12. The van der Waals surface area contributed by atoms with Crippen molar-refractivity contribution in [3.05, 3.63) is 35.4 Å². The van der Waals surface area contributed by atoms with Crippen molar-refractivity contribution >= 4 is 17.1 Å². The maximum atomic E-state index is 12.4. The third-order valence-corrected chi connectivity index (χ3v) is 6.04. The average molecular weight is 291 g/mol. The van der Waals surface area contributed by atoms with Gasteiger partial charge in [0.15, 0.2) is 0 Å². The molecule has 3 nitrogen and oxygen atoms in total. The second-order valence-electron chi connectivity index (χ2n) is 5.72. The Kier molecular flexibility index (Phi) is 4.32. The molecule has 0 radical (unpaired) electrons. The van der Waals surface area contributed by atoms with Crippen LogP contribution in [0, 0.1) is 0 Å². The quantitative estimate of drug-likeness (QED) is 0.795. The van der Waals surface area contributed by atoms with Crippen molar-refractivity contribution in [3.8, 4) is 0 Å². The second kappa shape index (κ2) is 6.19. The molecule has 1 heterocycles. The Morgan fingerprint density at radius 2 is 1.80 bits per heavy atom. The van der Waals surface area contributed by atoms with Crippen LogP contribution in [0.3, 0.4) is 0 Å². The van der Waals surface area contributed by atoms with E-state index in [4.69, 9.17) is 0 Å². The standard InChI is InChI=1S/C16H21NO2S/c18-16(17-8-3-4-9-17)7-10-20(19)15-11-13-5-1-2-6-14(13)12-15/h1-2,5-6,15H,3-4,7-12H2. The molecule has 0 saturated carbocycles. The number of nitrogens with zero attached hydrogens (tertiary/aromatic N) is 1. The molecule has 3 rings (SSSR count). The minimum atomic E-state index is -0.890. The van der Waals surface area contributed by atoms with Crippen LogP contribution in [0.5, 0.6) is 0 Å². The maximum absolute atomic E-state index is 12.4. The molecule has 2 aliphatic rings.